The maximum atomic E-state index is 14.9. The molecule has 3 aromatic rings. The van der Waals surface area contributed by atoms with Gasteiger partial charge in [0.25, 0.3) is 0 Å². The van der Waals surface area contributed by atoms with Gasteiger partial charge in [-0.25, -0.2) is 17.9 Å². The van der Waals surface area contributed by atoms with Gasteiger partial charge in [0, 0.05) is 47.8 Å². The third kappa shape index (κ3) is 8.35. The van der Waals surface area contributed by atoms with Crippen molar-refractivity contribution in [3.63, 3.8) is 0 Å². The Bertz CT molecular complexity index is 1860. The third-order valence-corrected chi connectivity index (χ3v) is 10.5. The molecular formula is C35H42Cl2N6O6S. The maximum Gasteiger partial charge on any atom is 0.326 e. The molecule has 0 aliphatic carbocycles. The molecule has 1 fully saturated rings. The second-order valence-electron chi connectivity index (χ2n) is 13.1. The van der Waals surface area contributed by atoms with E-state index in [1.807, 2.05) is 29.2 Å². The second-order valence-corrected chi connectivity index (χ2v) is 15.6. The van der Waals surface area contributed by atoms with Crippen molar-refractivity contribution < 1.29 is 27.5 Å². The number of carbonyl (C=O) groups excluding carboxylic acids is 2. The second kappa shape index (κ2) is 15.2. The highest BCUT2D eigenvalue weighted by Crippen LogP contribution is 2.46. The quantitative estimate of drug-likeness (QED) is 0.289. The standard InChI is InChI=1S/C35H42Cl2N6O6S/c1-6-49-27-20-28(48-5)29(50(46,47)40-35(2,3)4)19-26(27)33-39-31(22-7-11-24(36)12-8-22)32(23-9-13-25(37)14-10-23)43(33)34(45)42-17-15-41(16-18-42)21-30(38)44/h7-14,19-20,31-32,40H,6,15-18,21H2,1-5H3,(H2,38,44)/t31-,32+/m0/s1. The number of aliphatic imine (C=N–C) groups is 1. The number of primary amides is 1. The zero-order chi connectivity index (χ0) is 36.4. The van der Waals surface area contributed by atoms with Crippen molar-refractivity contribution in [1.29, 1.82) is 0 Å². The highest BCUT2D eigenvalue weighted by Gasteiger charge is 2.45. The summed E-state index contributed by atoms with van der Waals surface area (Å²) in [6.45, 7) is 8.89. The van der Waals surface area contributed by atoms with E-state index >= 15 is 0 Å². The molecule has 3 amide bonds. The zero-order valence-corrected chi connectivity index (χ0v) is 31.0. The van der Waals surface area contributed by atoms with Crippen molar-refractivity contribution >= 4 is 51.0 Å². The SMILES string of the molecule is CCOc1cc(OC)c(S(=O)(=O)NC(C)(C)C)cc1C1=N[C@@H](c2ccc(Cl)cc2)[C@@H](c2ccc(Cl)cc2)N1C(=O)N1CCN(CC(N)=O)CC1. The van der Waals surface area contributed by atoms with Gasteiger partial charge in [-0.1, -0.05) is 47.5 Å². The van der Waals surface area contributed by atoms with Crippen LogP contribution in [0.25, 0.3) is 0 Å². The predicted molar refractivity (Wildman–Crippen MR) is 194 cm³/mol. The highest BCUT2D eigenvalue weighted by atomic mass is 35.5. The van der Waals surface area contributed by atoms with Crippen LogP contribution in [0.3, 0.4) is 0 Å². The number of nitrogens with zero attached hydrogens (tertiary/aromatic N) is 4. The zero-order valence-electron chi connectivity index (χ0n) is 28.7. The summed E-state index contributed by atoms with van der Waals surface area (Å²) >= 11 is 12.6. The van der Waals surface area contributed by atoms with Crippen LogP contribution in [0, 0.1) is 0 Å². The molecule has 268 valence electrons. The first-order valence-corrected chi connectivity index (χ1v) is 18.4. The Morgan fingerprint density at radius 1 is 0.940 bits per heavy atom. The molecule has 5 rings (SSSR count). The van der Waals surface area contributed by atoms with Gasteiger partial charge in [-0.2, -0.15) is 0 Å². The third-order valence-electron chi connectivity index (χ3n) is 8.25. The molecule has 3 aromatic carbocycles. The number of hydrogen-bond acceptors (Lipinski definition) is 8. The Morgan fingerprint density at radius 3 is 2.04 bits per heavy atom. The summed E-state index contributed by atoms with van der Waals surface area (Å²) in [5, 5.41) is 1.06. The Balaban J connectivity index is 1.73. The molecule has 0 unspecified atom stereocenters. The fourth-order valence-corrected chi connectivity index (χ4v) is 7.99. The molecule has 2 aliphatic rings. The average Bonchev–Trinajstić information content (AvgIpc) is 3.44. The molecule has 0 spiro atoms. The number of hydrogen-bond donors (Lipinski definition) is 2. The van der Waals surface area contributed by atoms with E-state index in [0.29, 0.717) is 36.2 Å². The predicted octanol–water partition coefficient (Wildman–Crippen LogP) is 5.25. The molecule has 0 aromatic heterocycles. The van der Waals surface area contributed by atoms with Crippen LogP contribution in [0.1, 0.15) is 56.5 Å². The van der Waals surface area contributed by atoms with Gasteiger partial charge in [-0.05, 0) is 69.2 Å². The molecule has 0 bridgehead atoms. The first-order chi connectivity index (χ1) is 23.6. The molecule has 2 atom stereocenters. The van der Waals surface area contributed by atoms with Gasteiger partial charge in [0.1, 0.15) is 28.3 Å². The number of rotatable bonds is 10. The van der Waals surface area contributed by atoms with Crippen molar-refractivity contribution in [3.8, 4) is 11.5 Å². The smallest absolute Gasteiger partial charge is 0.326 e. The molecule has 1 saturated heterocycles. The monoisotopic (exact) mass is 744 g/mol. The van der Waals surface area contributed by atoms with Crippen LogP contribution in [0.4, 0.5) is 4.79 Å². The number of methoxy groups -OCH3 is 1. The number of amides is 3. The van der Waals surface area contributed by atoms with Crippen molar-refractivity contribution in [2.75, 3.05) is 46.4 Å². The fraction of sp³-hybridized carbons (Fsp3) is 0.400. The lowest BCUT2D eigenvalue weighted by molar-refractivity contribution is -0.119. The van der Waals surface area contributed by atoms with E-state index in [1.165, 1.54) is 19.2 Å². The molecule has 12 nitrogen and oxygen atoms in total. The molecule has 15 heteroatoms. The van der Waals surface area contributed by atoms with Gasteiger partial charge in [-0.3, -0.25) is 19.6 Å². The number of nitrogens with two attached hydrogens (primary N) is 1. The molecule has 2 heterocycles. The summed E-state index contributed by atoms with van der Waals surface area (Å²) in [4.78, 5) is 36.7. The van der Waals surface area contributed by atoms with Gasteiger partial charge >= 0.3 is 6.03 Å². The summed E-state index contributed by atoms with van der Waals surface area (Å²) in [6, 6.07) is 15.7. The van der Waals surface area contributed by atoms with Crippen molar-refractivity contribution in [1.82, 2.24) is 19.4 Å². The summed E-state index contributed by atoms with van der Waals surface area (Å²) in [5.74, 6) is 0.128. The van der Waals surface area contributed by atoms with Crippen LogP contribution >= 0.6 is 23.2 Å². The molecular weight excluding hydrogens is 703 g/mol. The number of carbonyl (C=O) groups is 2. The van der Waals surface area contributed by atoms with Crippen LogP contribution in [0.5, 0.6) is 11.5 Å². The van der Waals surface area contributed by atoms with Gasteiger partial charge < -0.3 is 20.1 Å². The minimum Gasteiger partial charge on any atom is -0.495 e. The number of urea groups is 1. The summed E-state index contributed by atoms with van der Waals surface area (Å²) in [5.41, 5.74) is 6.46. The largest absolute Gasteiger partial charge is 0.495 e. The number of amidine groups is 1. The molecule has 3 N–H and O–H groups in total. The fourth-order valence-electron chi connectivity index (χ4n) is 6.14. The average molecular weight is 746 g/mol. The van der Waals surface area contributed by atoms with E-state index in [1.54, 1.807) is 61.8 Å². The lowest BCUT2D eigenvalue weighted by Gasteiger charge is -2.38. The van der Waals surface area contributed by atoms with Gasteiger partial charge in [0.15, 0.2) is 0 Å². The number of nitrogens with one attached hydrogen (secondary N) is 1. The molecule has 0 saturated carbocycles. The van der Waals surface area contributed by atoms with E-state index in [9.17, 15) is 18.0 Å². The Labute approximate surface area is 303 Å². The van der Waals surface area contributed by atoms with Gasteiger partial charge in [0.05, 0.1) is 31.9 Å². The highest BCUT2D eigenvalue weighted by molar-refractivity contribution is 7.89. The van der Waals surface area contributed by atoms with Crippen LogP contribution < -0.4 is 19.9 Å². The number of benzene rings is 3. The van der Waals surface area contributed by atoms with E-state index in [-0.39, 0.29) is 47.0 Å². The van der Waals surface area contributed by atoms with E-state index in [4.69, 9.17) is 43.4 Å². The first kappa shape index (κ1) is 37.4. The lowest BCUT2D eigenvalue weighted by Crippen LogP contribution is -2.55. The summed E-state index contributed by atoms with van der Waals surface area (Å²) in [7, 11) is -2.75. The van der Waals surface area contributed by atoms with Crippen LogP contribution in [-0.4, -0.2) is 92.9 Å². The van der Waals surface area contributed by atoms with E-state index in [0.717, 1.165) is 11.1 Å². The Hall–Kier alpha value is -3.88. The molecule has 50 heavy (non-hydrogen) atoms. The van der Waals surface area contributed by atoms with Crippen LogP contribution in [0.2, 0.25) is 10.0 Å². The Morgan fingerprint density at radius 2 is 1.52 bits per heavy atom. The Kier molecular flexibility index (Phi) is 11.3. The number of sulfonamides is 1. The van der Waals surface area contributed by atoms with E-state index in [2.05, 4.69) is 4.72 Å². The van der Waals surface area contributed by atoms with Gasteiger partial charge in [0.2, 0.25) is 15.9 Å². The topological polar surface area (TPSA) is 147 Å². The van der Waals surface area contributed by atoms with E-state index < -0.39 is 33.6 Å². The van der Waals surface area contributed by atoms with Crippen LogP contribution in [0.15, 0.2) is 70.6 Å². The number of ether oxygens (including phenoxy) is 2. The molecule has 0 radical (unpaired) electrons. The minimum atomic E-state index is -4.13. The number of piperazine rings is 1. The van der Waals surface area contributed by atoms with Crippen molar-refractivity contribution in [2.24, 2.45) is 10.7 Å². The molecule has 2 aliphatic heterocycles. The minimum absolute atomic E-state index is 0.0690. The van der Waals surface area contributed by atoms with Crippen molar-refractivity contribution in [2.45, 2.75) is 50.2 Å². The van der Waals surface area contributed by atoms with Gasteiger partial charge in [-0.15, -0.1) is 0 Å². The summed E-state index contributed by atoms with van der Waals surface area (Å²) in [6.07, 6.45) is 0. The van der Waals surface area contributed by atoms with Crippen LogP contribution in [-0.2, 0) is 14.8 Å². The summed E-state index contributed by atoms with van der Waals surface area (Å²) < 4.78 is 42.0. The first-order valence-electron chi connectivity index (χ1n) is 16.2. The van der Waals surface area contributed by atoms with Crippen molar-refractivity contribution in [3.05, 3.63) is 87.4 Å². The number of halogens is 2. The maximum absolute atomic E-state index is 14.9. The lowest BCUT2D eigenvalue weighted by atomic mass is 9.93. The normalized spacial score (nSPS) is 18.6.